The summed E-state index contributed by atoms with van der Waals surface area (Å²) in [6.07, 6.45) is 11.4. The predicted octanol–water partition coefficient (Wildman–Crippen LogP) is 6.47. The van der Waals surface area contributed by atoms with Gasteiger partial charge in [-0.3, -0.25) is 0 Å². The van der Waals surface area contributed by atoms with Gasteiger partial charge >= 0.3 is 0 Å². The molecule has 0 aromatic heterocycles. The minimum Gasteiger partial charge on any atom is -0.0788 e. The topological polar surface area (TPSA) is 0 Å². The average molecular weight is 277 g/mol. The molecule has 2 aliphatic carbocycles. The summed E-state index contributed by atoms with van der Waals surface area (Å²) in [6.45, 7) is 14.4. The molecule has 0 aliphatic heterocycles. The van der Waals surface area contributed by atoms with Crippen molar-refractivity contribution in [2.75, 3.05) is 0 Å². The van der Waals surface area contributed by atoms with Crippen LogP contribution in [0, 0.1) is 35.0 Å². The Hall–Kier alpha value is -0.260. The Morgan fingerprint density at radius 1 is 1.20 bits per heavy atom. The zero-order valence-electron chi connectivity index (χ0n) is 14.7. The summed E-state index contributed by atoms with van der Waals surface area (Å²) in [4.78, 5) is 0. The van der Waals surface area contributed by atoms with Crippen molar-refractivity contribution in [3.63, 3.8) is 0 Å². The third kappa shape index (κ3) is 3.49. The van der Waals surface area contributed by atoms with Gasteiger partial charge in [-0.15, -0.1) is 0 Å². The molecule has 0 aromatic rings. The number of rotatable bonds is 7. The van der Waals surface area contributed by atoms with Crippen LogP contribution in [0.1, 0.15) is 80.1 Å². The lowest BCUT2D eigenvalue weighted by Gasteiger charge is -2.25. The molecule has 0 radical (unpaired) electrons. The van der Waals surface area contributed by atoms with Crippen LogP contribution in [-0.4, -0.2) is 0 Å². The quantitative estimate of drug-likeness (QED) is 0.369. The molecule has 0 aromatic carbocycles. The van der Waals surface area contributed by atoms with Crippen molar-refractivity contribution in [2.24, 2.45) is 35.0 Å². The van der Waals surface area contributed by atoms with E-state index in [0.717, 1.165) is 29.6 Å². The fraction of sp³-hybridized carbons (Fsp3) is 0.900. The average Bonchev–Trinajstić information content (AvgIpc) is 3.06. The minimum absolute atomic E-state index is 0.656. The van der Waals surface area contributed by atoms with Gasteiger partial charge in [0.15, 0.2) is 0 Å². The molecule has 2 rings (SSSR count). The second kappa shape index (κ2) is 6.24. The lowest BCUT2D eigenvalue weighted by atomic mass is 9.80. The first kappa shape index (κ1) is 16.1. The molecule has 5 atom stereocenters. The van der Waals surface area contributed by atoms with Gasteiger partial charge < -0.3 is 0 Å². The van der Waals surface area contributed by atoms with E-state index in [9.17, 15) is 0 Å². The van der Waals surface area contributed by atoms with Crippen molar-refractivity contribution < 1.29 is 0 Å². The smallest absolute Gasteiger partial charge is 0.00838 e. The molecule has 20 heavy (non-hydrogen) atoms. The van der Waals surface area contributed by atoms with Gasteiger partial charge in [0.2, 0.25) is 0 Å². The Morgan fingerprint density at radius 2 is 1.90 bits per heavy atom. The Kier molecular flexibility index (Phi) is 5.03. The van der Waals surface area contributed by atoms with Crippen molar-refractivity contribution in [3.05, 3.63) is 11.6 Å². The predicted molar refractivity (Wildman–Crippen MR) is 89.7 cm³/mol. The summed E-state index contributed by atoms with van der Waals surface area (Å²) in [5.41, 5.74) is 2.32. The number of fused-ring (bicyclic) bond motifs is 1. The van der Waals surface area contributed by atoms with Crippen LogP contribution in [0.25, 0.3) is 0 Å². The van der Waals surface area contributed by atoms with E-state index in [0.29, 0.717) is 5.41 Å². The first-order valence-electron chi connectivity index (χ1n) is 9.05. The Labute approximate surface area is 127 Å². The van der Waals surface area contributed by atoms with E-state index in [1.165, 1.54) is 38.5 Å². The van der Waals surface area contributed by atoms with Gasteiger partial charge in [0.05, 0.1) is 0 Å². The molecular formula is C20H36. The molecular weight excluding hydrogens is 240 g/mol. The van der Waals surface area contributed by atoms with E-state index in [4.69, 9.17) is 0 Å². The van der Waals surface area contributed by atoms with E-state index in [-0.39, 0.29) is 0 Å². The molecule has 0 bridgehead atoms. The van der Waals surface area contributed by atoms with E-state index >= 15 is 0 Å². The number of hydrogen-bond donors (Lipinski definition) is 0. The van der Waals surface area contributed by atoms with Gasteiger partial charge in [0.25, 0.3) is 0 Å². The highest BCUT2D eigenvalue weighted by Crippen LogP contribution is 2.63. The largest absolute Gasteiger partial charge is 0.0788 e. The van der Waals surface area contributed by atoms with Gasteiger partial charge in [-0.2, -0.15) is 0 Å². The zero-order valence-corrected chi connectivity index (χ0v) is 14.7. The number of allylic oxidation sites excluding steroid dienone is 2. The van der Waals surface area contributed by atoms with Crippen molar-refractivity contribution in [1.29, 1.82) is 0 Å². The number of hydrogen-bond acceptors (Lipinski definition) is 0. The van der Waals surface area contributed by atoms with Crippen LogP contribution < -0.4 is 0 Å². The minimum atomic E-state index is 0.656. The monoisotopic (exact) mass is 276 g/mol. The highest BCUT2D eigenvalue weighted by molar-refractivity contribution is 5.24. The van der Waals surface area contributed by atoms with E-state index in [1.807, 2.05) is 0 Å². The fourth-order valence-electron chi connectivity index (χ4n) is 4.32. The van der Waals surface area contributed by atoms with Crippen LogP contribution in [-0.2, 0) is 0 Å². The fourth-order valence-corrected chi connectivity index (χ4v) is 4.32. The third-order valence-electron chi connectivity index (χ3n) is 6.71. The summed E-state index contributed by atoms with van der Waals surface area (Å²) in [6, 6.07) is 0. The van der Waals surface area contributed by atoms with Gasteiger partial charge in [-0.05, 0) is 61.2 Å². The Balaban J connectivity index is 1.70. The molecule has 0 nitrogen and oxygen atoms in total. The standard InChI is InChI=1S/C20H36/c1-14(2)18(6)15(3)9-7-8-10-20-12-17(5)16(4)11-19(20)13-20/h12,14-16,18-19H,7-11,13H2,1-6H3/t15-,16+,18?,19-,20+/m1/s1. The molecule has 0 amide bonds. The van der Waals surface area contributed by atoms with Crippen LogP contribution in [0.5, 0.6) is 0 Å². The summed E-state index contributed by atoms with van der Waals surface area (Å²) in [5.74, 6) is 4.49. The lowest BCUT2D eigenvalue weighted by molar-refractivity contribution is 0.272. The molecule has 2 aliphatic rings. The third-order valence-corrected chi connectivity index (χ3v) is 6.71. The summed E-state index contributed by atoms with van der Waals surface area (Å²) >= 11 is 0. The normalized spacial score (nSPS) is 35.5. The maximum absolute atomic E-state index is 2.66. The van der Waals surface area contributed by atoms with E-state index < -0.39 is 0 Å². The Bertz CT molecular complexity index is 351. The first-order valence-corrected chi connectivity index (χ1v) is 9.05. The second-order valence-electron chi connectivity index (χ2n) is 8.49. The first-order chi connectivity index (χ1) is 9.35. The van der Waals surface area contributed by atoms with Crippen molar-refractivity contribution in [1.82, 2.24) is 0 Å². The van der Waals surface area contributed by atoms with Crippen molar-refractivity contribution in [2.45, 2.75) is 80.1 Å². The van der Waals surface area contributed by atoms with Crippen LogP contribution in [0.4, 0.5) is 0 Å². The molecule has 116 valence electrons. The van der Waals surface area contributed by atoms with Crippen molar-refractivity contribution >= 4 is 0 Å². The summed E-state index contributed by atoms with van der Waals surface area (Å²) < 4.78 is 0. The van der Waals surface area contributed by atoms with E-state index in [2.05, 4.69) is 47.6 Å². The van der Waals surface area contributed by atoms with Gasteiger partial charge in [-0.1, -0.05) is 65.5 Å². The van der Waals surface area contributed by atoms with Gasteiger partial charge in [0, 0.05) is 0 Å². The SMILES string of the molecule is CC1=C[C@@]2(CCCC[C@@H](C)C(C)C(C)C)C[C@H]2C[C@@H]1C. The highest BCUT2D eigenvalue weighted by Gasteiger charge is 2.53. The summed E-state index contributed by atoms with van der Waals surface area (Å²) in [5, 5.41) is 0. The molecule has 0 spiro atoms. The molecule has 1 fully saturated rings. The highest BCUT2D eigenvalue weighted by atomic mass is 14.6. The van der Waals surface area contributed by atoms with Crippen LogP contribution in [0.15, 0.2) is 11.6 Å². The van der Waals surface area contributed by atoms with Crippen LogP contribution >= 0.6 is 0 Å². The zero-order chi connectivity index (χ0) is 14.9. The van der Waals surface area contributed by atoms with Gasteiger partial charge in [-0.25, -0.2) is 0 Å². The molecule has 1 saturated carbocycles. The Morgan fingerprint density at radius 3 is 2.55 bits per heavy atom. The van der Waals surface area contributed by atoms with Crippen LogP contribution in [0.3, 0.4) is 0 Å². The second-order valence-corrected chi connectivity index (χ2v) is 8.49. The van der Waals surface area contributed by atoms with Crippen LogP contribution in [0.2, 0.25) is 0 Å². The van der Waals surface area contributed by atoms with Gasteiger partial charge in [0.1, 0.15) is 0 Å². The molecule has 0 saturated heterocycles. The maximum atomic E-state index is 2.66. The molecule has 1 unspecified atom stereocenters. The maximum Gasteiger partial charge on any atom is -0.00838 e. The molecule has 0 heterocycles. The summed E-state index contributed by atoms with van der Waals surface area (Å²) in [7, 11) is 0. The van der Waals surface area contributed by atoms with E-state index in [1.54, 1.807) is 5.57 Å². The molecule has 0 N–H and O–H groups in total. The number of unbranched alkanes of at least 4 members (excludes halogenated alkanes) is 1. The lowest BCUT2D eigenvalue weighted by Crippen LogP contribution is -2.15. The molecule has 0 heteroatoms. The van der Waals surface area contributed by atoms with Crippen molar-refractivity contribution in [3.8, 4) is 0 Å².